The van der Waals surface area contributed by atoms with Crippen molar-refractivity contribution in [1.29, 1.82) is 5.26 Å². The van der Waals surface area contributed by atoms with Crippen LogP contribution in [0.1, 0.15) is 39.9 Å². The first-order valence-corrected chi connectivity index (χ1v) is 12.7. The number of thioether (sulfide) groups is 1. The third kappa shape index (κ3) is 4.13. The summed E-state index contributed by atoms with van der Waals surface area (Å²) in [5.41, 5.74) is 7.29. The number of aromatic nitrogens is 5. The Hall–Kier alpha value is -3.83. The molecular formula is C27H23FN6S. The lowest BCUT2D eigenvalue weighted by Gasteiger charge is -2.13. The van der Waals surface area contributed by atoms with Gasteiger partial charge in [-0.15, -0.1) is 11.8 Å². The molecule has 2 N–H and O–H groups in total. The number of benzene rings is 2. The fourth-order valence-corrected chi connectivity index (χ4v) is 6.12. The molecular weight excluding hydrogens is 459 g/mol. The van der Waals surface area contributed by atoms with Crippen LogP contribution < -0.4 is 0 Å². The van der Waals surface area contributed by atoms with Crippen molar-refractivity contribution in [2.24, 2.45) is 0 Å². The molecule has 1 atom stereocenters. The van der Waals surface area contributed by atoms with E-state index in [4.69, 9.17) is 0 Å². The maximum Gasteiger partial charge on any atom is 0.127 e. The lowest BCUT2D eigenvalue weighted by atomic mass is 9.99. The summed E-state index contributed by atoms with van der Waals surface area (Å²) >= 11 is 1.75. The molecule has 0 spiro atoms. The molecule has 4 heterocycles. The van der Waals surface area contributed by atoms with Gasteiger partial charge in [-0.1, -0.05) is 18.2 Å². The molecule has 2 aromatic carbocycles. The summed E-state index contributed by atoms with van der Waals surface area (Å²) in [6, 6.07) is 13.4. The minimum atomic E-state index is -0.199. The second kappa shape index (κ2) is 9.08. The van der Waals surface area contributed by atoms with Gasteiger partial charge in [-0.25, -0.2) is 14.4 Å². The summed E-state index contributed by atoms with van der Waals surface area (Å²) in [6.45, 7) is 0. The lowest BCUT2D eigenvalue weighted by Crippen LogP contribution is -1.99. The van der Waals surface area contributed by atoms with Gasteiger partial charge in [0.05, 0.1) is 29.7 Å². The lowest BCUT2D eigenvalue weighted by molar-refractivity contribution is 0.617. The Kier molecular flexibility index (Phi) is 5.63. The number of imidazole rings is 2. The van der Waals surface area contributed by atoms with Gasteiger partial charge in [0.25, 0.3) is 0 Å². The van der Waals surface area contributed by atoms with Crippen LogP contribution in [0.2, 0.25) is 0 Å². The van der Waals surface area contributed by atoms with Crippen LogP contribution in [0.25, 0.3) is 22.2 Å². The van der Waals surface area contributed by atoms with Crippen molar-refractivity contribution >= 4 is 22.7 Å². The standard InChI is InChI=1S/C27H23FN6S/c28-24-10-18(2-3-19(24)14-35-26-8-5-21-13-31-16-34(21)26)27-23(7-4-20-12-30-15-32-20)22-6-1-17(11-29)9-25(22)33-27/h1-3,6,9-10,12-13,15-16,26,33H,4-5,7-8,14H2,(H,30,32). The summed E-state index contributed by atoms with van der Waals surface area (Å²) in [7, 11) is 0. The summed E-state index contributed by atoms with van der Waals surface area (Å²) in [4.78, 5) is 14.9. The topological polar surface area (TPSA) is 86.1 Å². The number of aryl methyl sites for hydroxylation is 3. The van der Waals surface area contributed by atoms with Crippen molar-refractivity contribution in [3.8, 4) is 17.3 Å². The Bertz CT molecular complexity index is 1540. The summed E-state index contributed by atoms with van der Waals surface area (Å²) in [5.74, 6) is 0.411. The van der Waals surface area contributed by atoms with Gasteiger partial charge in [0.2, 0.25) is 0 Å². The number of H-pyrrole nitrogens is 2. The van der Waals surface area contributed by atoms with Crippen LogP contribution in [-0.2, 0) is 25.0 Å². The molecule has 0 amide bonds. The van der Waals surface area contributed by atoms with Gasteiger partial charge in [0.15, 0.2) is 0 Å². The first-order chi connectivity index (χ1) is 17.2. The number of fused-ring (bicyclic) bond motifs is 2. The van der Waals surface area contributed by atoms with E-state index >= 15 is 4.39 Å². The van der Waals surface area contributed by atoms with Crippen molar-refractivity contribution in [2.45, 2.75) is 36.8 Å². The fraction of sp³-hybridized carbons (Fsp3) is 0.222. The number of hydrogen-bond acceptors (Lipinski definition) is 4. The number of rotatable bonds is 7. The quantitative estimate of drug-likeness (QED) is 0.301. The van der Waals surface area contributed by atoms with E-state index in [2.05, 4.69) is 30.6 Å². The molecule has 6 rings (SSSR count). The highest BCUT2D eigenvalue weighted by molar-refractivity contribution is 7.98. The molecule has 5 aromatic rings. The predicted octanol–water partition coefficient (Wildman–Crippen LogP) is 5.93. The van der Waals surface area contributed by atoms with Crippen LogP contribution in [0.4, 0.5) is 4.39 Å². The van der Waals surface area contributed by atoms with E-state index < -0.39 is 0 Å². The van der Waals surface area contributed by atoms with Gasteiger partial charge in [-0.05, 0) is 55.0 Å². The zero-order valence-corrected chi connectivity index (χ0v) is 19.8. The summed E-state index contributed by atoms with van der Waals surface area (Å²) in [5, 5.41) is 10.7. The Balaban J connectivity index is 1.29. The average molecular weight is 483 g/mol. The zero-order chi connectivity index (χ0) is 23.8. The normalized spacial score (nSPS) is 14.9. The van der Waals surface area contributed by atoms with Crippen LogP contribution in [0.15, 0.2) is 61.4 Å². The highest BCUT2D eigenvalue weighted by Gasteiger charge is 2.22. The van der Waals surface area contributed by atoms with Crippen LogP contribution in [0.5, 0.6) is 0 Å². The van der Waals surface area contributed by atoms with E-state index in [1.54, 1.807) is 24.2 Å². The van der Waals surface area contributed by atoms with Gasteiger partial charge in [-0.2, -0.15) is 5.26 Å². The van der Waals surface area contributed by atoms with Gasteiger partial charge in [-0.3, -0.25) is 0 Å². The van der Waals surface area contributed by atoms with Crippen LogP contribution >= 0.6 is 11.8 Å². The van der Waals surface area contributed by atoms with Crippen LogP contribution in [0.3, 0.4) is 0 Å². The largest absolute Gasteiger partial charge is 0.354 e. The molecule has 0 fully saturated rings. The predicted molar refractivity (Wildman–Crippen MR) is 135 cm³/mol. The molecule has 0 bridgehead atoms. The minimum absolute atomic E-state index is 0.199. The maximum atomic E-state index is 15.3. The molecule has 0 radical (unpaired) electrons. The number of halogens is 1. The minimum Gasteiger partial charge on any atom is -0.354 e. The van der Waals surface area contributed by atoms with Gasteiger partial charge < -0.3 is 14.5 Å². The van der Waals surface area contributed by atoms with E-state index in [1.165, 1.54) is 5.69 Å². The van der Waals surface area contributed by atoms with Gasteiger partial charge in [0.1, 0.15) is 5.82 Å². The molecule has 1 aliphatic heterocycles. The van der Waals surface area contributed by atoms with Crippen LogP contribution in [0, 0.1) is 17.1 Å². The number of aromatic amines is 2. The molecule has 0 saturated heterocycles. The molecule has 174 valence electrons. The maximum absolute atomic E-state index is 15.3. The zero-order valence-electron chi connectivity index (χ0n) is 19.0. The van der Waals surface area contributed by atoms with Gasteiger partial charge in [0, 0.05) is 51.7 Å². The van der Waals surface area contributed by atoms with Crippen LogP contribution in [-0.4, -0.2) is 24.5 Å². The van der Waals surface area contributed by atoms with E-state index in [-0.39, 0.29) is 5.82 Å². The third-order valence-corrected chi connectivity index (χ3v) is 8.04. The molecule has 0 aliphatic carbocycles. The fourth-order valence-electron chi connectivity index (χ4n) is 4.88. The van der Waals surface area contributed by atoms with Crippen molar-refractivity contribution in [3.05, 3.63) is 95.3 Å². The average Bonchev–Trinajstić information content (AvgIpc) is 3.66. The second-order valence-corrected chi connectivity index (χ2v) is 10.00. The summed E-state index contributed by atoms with van der Waals surface area (Å²) < 4.78 is 17.5. The van der Waals surface area contributed by atoms with E-state index in [0.29, 0.717) is 22.3 Å². The molecule has 1 aliphatic rings. The van der Waals surface area contributed by atoms with Crippen molar-refractivity contribution in [1.82, 2.24) is 24.5 Å². The molecule has 1 unspecified atom stereocenters. The van der Waals surface area contributed by atoms with Crippen molar-refractivity contribution < 1.29 is 4.39 Å². The molecule has 3 aromatic heterocycles. The number of hydrogen-bond donors (Lipinski definition) is 2. The van der Waals surface area contributed by atoms with Gasteiger partial charge >= 0.3 is 0 Å². The molecule has 8 heteroatoms. The first kappa shape index (κ1) is 21.7. The Morgan fingerprint density at radius 1 is 1.14 bits per heavy atom. The first-order valence-electron chi connectivity index (χ1n) is 11.6. The SMILES string of the molecule is N#Cc1ccc2c(CCc3cnc[nH]3)c(-c3ccc(CSC4CCc5cncn54)c(F)c3)[nH]c2c1. The Labute approximate surface area is 206 Å². The second-order valence-electron chi connectivity index (χ2n) is 8.83. The highest BCUT2D eigenvalue weighted by atomic mass is 32.2. The Morgan fingerprint density at radius 3 is 2.91 bits per heavy atom. The monoisotopic (exact) mass is 482 g/mol. The Morgan fingerprint density at radius 2 is 2.09 bits per heavy atom. The van der Waals surface area contributed by atoms with E-state index in [9.17, 15) is 5.26 Å². The smallest absolute Gasteiger partial charge is 0.127 e. The van der Waals surface area contributed by atoms with E-state index in [1.807, 2.05) is 49.1 Å². The third-order valence-electron chi connectivity index (χ3n) is 6.71. The van der Waals surface area contributed by atoms with E-state index in [0.717, 1.165) is 59.1 Å². The molecule has 0 saturated carbocycles. The number of nitrogens with one attached hydrogen (secondary N) is 2. The molecule has 35 heavy (non-hydrogen) atoms. The number of nitrogens with zero attached hydrogens (tertiary/aromatic N) is 4. The highest BCUT2D eigenvalue weighted by Crippen LogP contribution is 2.38. The number of nitriles is 1. The summed E-state index contributed by atoms with van der Waals surface area (Å²) in [6.07, 6.45) is 10.9. The van der Waals surface area contributed by atoms with Crippen molar-refractivity contribution in [2.75, 3.05) is 0 Å². The van der Waals surface area contributed by atoms with Crippen molar-refractivity contribution in [3.63, 3.8) is 0 Å². The molecule has 6 nitrogen and oxygen atoms in total.